The van der Waals surface area contributed by atoms with Crippen LogP contribution in [0.4, 0.5) is 0 Å². The largest absolute Gasteiger partial charge is 0.508 e. The number of phenolic OH excluding ortho intramolecular Hbond substituents is 1. The van der Waals surface area contributed by atoms with E-state index in [2.05, 4.69) is 5.32 Å². The molecule has 0 radical (unpaired) electrons. The van der Waals surface area contributed by atoms with Gasteiger partial charge in [0, 0.05) is 17.4 Å². The molecule has 1 fully saturated rings. The van der Waals surface area contributed by atoms with E-state index in [0.29, 0.717) is 0 Å². The zero-order valence-electron chi connectivity index (χ0n) is 22.9. The van der Waals surface area contributed by atoms with Gasteiger partial charge in [0.25, 0.3) is 5.91 Å². The van der Waals surface area contributed by atoms with Crippen molar-refractivity contribution in [1.29, 1.82) is 0 Å². The molecule has 5 atom stereocenters. The molecule has 39 heavy (non-hydrogen) atoms. The first-order valence-electron chi connectivity index (χ1n) is 13.1. The van der Waals surface area contributed by atoms with E-state index in [1.807, 2.05) is 4.90 Å². The number of carbonyl (C=O) groups excluding carboxylic acids is 3. The number of hydrogen-bond donors (Lipinski definition) is 6. The second kappa shape index (κ2) is 10.1. The molecule has 212 valence electrons. The van der Waals surface area contributed by atoms with Crippen molar-refractivity contribution in [3.63, 3.8) is 0 Å². The van der Waals surface area contributed by atoms with Crippen molar-refractivity contribution in [2.24, 2.45) is 11.8 Å². The number of benzene rings is 1. The van der Waals surface area contributed by atoms with Crippen molar-refractivity contribution < 1.29 is 39.9 Å². The lowest BCUT2D eigenvalue weighted by molar-refractivity contribution is -0.148. The molecule has 1 aliphatic heterocycles. The van der Waals surface area contributed by atoms with Crippen LogP contribution in [-0.4, -0.2) is 98.3 Å². The number of hydrogen-bond acceptors (Lipinski definition) is 10. The molecular formula is C28H37N3O8. The third-order valence-corrected chi connectivity index (χ3v) is 8.64. The summed E-state index contributed by atoms with van der Waals surface area (Å²) in [7, 11) is 3.09. The molecule has 1 heterocycles. The fourth-order valence-electron chi connectivity index (χ4n) is 6.13. The van der Waals surface area contributed by atoms with Gasteiger partial charge in [-0.2, -0.15) is 0 Å². The van der Waals surface area contributed by atoms with Crippen LogP contribution in [0.15, 0.2) is 35.1 Å². The number of phenols is 1. The molecule has 1 saturated heterocycles. The number of likely N-dealkylation sites (tertiary alicyclic amines) is 1. The van der Waals surface area contributed by atoms with E-state index in [4.69, 9.17) is 0 Å². The molecule has 11 heteroatoms. The van der Waals surface area contributed by atoms with E-state index >= 15 is 0 Å². The summed E-state index contributed by atoms with van der Waals surface area (Å²) in [4.78, 5) is 44.3. The number of aliphatic hydroxyl groups excluding tert-OH is 2. The quantitative estimate of drug-likeness (QED) is 0.284. The maximum atomic E-state index is 14.2. The van der Waals surface area contributed by atoms with E-state index in [0.717, 1.165) is 25.9 Å². The summed E-state index contributed by atoms with van der Waals surface area (Å²) in [6.07, 6.45) is 1.94. The average molecular weight is 544 g/mol. The highest BCUT2D eigenvalue weighted by Gasteiger charge is 2.60. The molecule has 0 saturated carbocycles. The van der Waals surface area contributed by atoms with Crippen molar-refractivity contribution in [3.8, 4) is 5.75 Å². The van der Waals surface area contributed by atoms with Gasteiger partial charge in [-0.25, -0.2) is 0 Å². The molecule has 0 unspecified atom stereocenters. The summed E-state index contributed by atoms with van der Waals surface area (Å²) in [6, 6.07) is 3.09. The van der Waals surface area contributed by atoms with Gasteiger partial charge in [-0.05, 0) is 58.6 Å². The van der Waals surface area contributed by atoms with Crippen molar-refractivity contribution in [2.45, 2.75) is 50.9 Å². The normalized spacial score (nSPS) is 31.6. The first kappa shape index (κ1) is 28.8. The number of nitrogens with one attached hydrogen (secondary N) is 1. The van der Waals surface area contributed by atoms with Crippen molar-refractivity contribution in [3.05, 3.63) is 46.2 Å². The fraction of sp³-hybridized carbons (Fsp3) is 0.536. The fourth-order valence-corrected chi connectivity index (χ4v) is 6.13. The Morgan fingerprint density at radius 3 is 2.31 bits per heavy atom. The van der Waals surface area contributed by atoms with Crippen molar-refractivity contribution in [2.75, 3.05) is 33.9 Å². The molecule has 0 bridgehead atoms. The lowest BCUT2D eigenvalue weighted by atomic mass is 9.64. The smallest absolute Gasteiger partial charge is 0.259 e. The Hall–Kier alpha value is -3.25. The molecule has 11 nitrogen and oxygen atoms in total. The van der Waals surface area contributed by atoms with Crippen LogP contribution >= 0.6 is 0 Å². The van der Waals surface area contributed by atoms with Gasteiger partial charge < -0.3 is 30.8 Å². The van der Waals surface area contributed by atoms with Gasteiger partial charge in [0.1, 0.15) is 22.8 Å². The predicted octanol–water partition coefficient (Wildman–Crippen LogP) is 0.949. The van der Waals surface area contributed by atoms with E-state index in [-0.39, 0.29) is 17.8 Å². The van der Waals surface area contributed by atoms with Crippen LogP contribution in [-0.2, 0) is 20.0 Å². The Morgan fingerprint density at radius 2 is 1.72 bits per heavy atom. The summed E-state index contributed by atoms with van der Waals surface area (Å²) >= 11 is 0. The lowest BCUT2D eigenvalue weighted by Crippen LogP contribution is -2.62. The highest BCUT2D eigenvalue weighted by atomic mass is 16.3. The number of rotatable bonds is 6. The summed E-state index contributed by atoms with van der Waals surface area (Å²) in [5.74, 6) is -7.41. The Labute approximate surface area is 227 Å². The average Bonchev–Trinajstić information content (AvgIpc) is 3.38. The minimum atomic E-state index is -2.81. The minimum absolute atomic E-state index is 0.124. The number of fused-ring (bicyclic) bond motifs is 1. The van der Waals surface area contributed by atoms with Crippen LogP contribution in [0.25, 0.3) is 5.76 Å². The number of likely N-dealkylation sites (N-methyl/N-ethyl adjacent to an activating group) is 1. The maximum absolute atomic E-state index is 14.2. The Kier molecular flexibility index (Phi) is 7.41. The van der Waals surface area contributed by atoms with Gasteiger partial charge in [-0.15, -0.1) is 0 Å². The monoisotopic (exact) mass is 543 g/mol. The first-order chi connectivity index (χ1) is 18.2. The van der Waals surface area contributed by atoms with Gasteiger partial charge >= 0.3 is 0 Å². The Balaban J connectivity index is 1.87. The van der Waals surface area contributed by atoms with Gasteiger partial charge in [0.05, 0.1) is 23.9 Å². The van der Waals surface area contributed by atoms with Crippen molar-refractivity contribution in [1.82, 2.24) is 15.1 Å². The molecule has 4 rings (SSSR count). The zero-order chi connectivity index (χ0) is 29.0. The van der Waals surface area contributed by atoms with Crippen molar-refractivity contribution >= 4 is 23.2 Å². The number of nitrogens with zero attached hydrogens (tertiary/aromatic N) is 2. The van der Waals surface area contributed by atoms with E-state index < -0.39 is 75.0 Å². The molecule has 2 aliphatic carbocycles. The molecular weight excluding hydrogens is 506 g/mol. The number of aliphatic hydroxyl groups is 4. The lowest BCUT2D eigenvalue weighted by Gasteiger charge is -2.45. The second-order valence-corrected chi connectivity index (χ2v) is 11.2. The Morgan fingerprint density at radius 1 is 1.10 bits per heavy atom. The van der Waals surface area contributed by atoms with E-state index in [1.165, 1.54) is 43.9 Å². The molecule has 3 aliphatic rings. The first-order valence-corrected chi connectivity index (χ1v) is 13.1. The number of ketones is 2. The number of Topliss-reactive ketones (excluding diaryl/α,β-unsaturated/α-hetero) is 2. The van der Waals surface area contributed by atoms with Crippen LogP contribution in [0.3, 0.4) is 0 Å². The summed E-state index contributed by atoms with van der Waals surface area (Å²) < 4.78 is 0. The van der Waals surface area contributed by atoms with Crippen LogP contribution in [0.5, 0.6) is 5.75 Å². The third kappa shape index (κ3) is 4.33. The zero-order valence-corrected chi connectivity index (χ0v) is 22.9. The molecule has 1 aromatic carbocycles. The molecule has 1 amide bonds. The predicted molar refractivity (Wildman–Crippen MR) is 141 cm³/mol. The maximum Gasteiger partial charge on any atom is 0.259 e. The highest BCUT2D eigenvalue weighted by molar-refractivity contribution is 6.24. The highest BCUT2D eigenvalue weighted by Crippen LogP contribution is 2.50. The standard InChI is InChI=1S/C28H37N3O8/c1-14-18(22(33)19-16(27(14,3)38)9-8-10-17(19)32)24(35)28(39)15(2)21(30(4)5)23(34)20(25(28)36)26(37)29-13-31-11-6-7-12-31/h8-10,14-15,21,32-33,36,38-39H,6-7,11-13H2,1-5H3,(H,29,37)/t14-,15+,21+,27+,28+/m0/s1. The van der Waals surface area contributed by atoms with Gasteiger partial charge in [0.2, 0.25) is 5.78 Å². The summed E-state index contributed by atoms with van der Waals surface area (Å²) in [5.41, 5.74) is -5.75. The van der Waals surface area contributed by atoms with Gasteiger partial charge in [-0.3, -0.25) is 24.2 Å². The second-order valence-electron chi connectivity index (χ2n) is 11.2. The summed E-state index contributed by atoms with van der Waals surface area (Å²) in [5, 5.41) is 59.0. The Bertz CT molecular complexity index is 1280. The van der Waals surface area contributed by atoms with Crippen LogP contribution in [0, 0.1) is 11.8 Å². The topological polar surface area (TPSA) is 171 Å². The van der Waals surface area contributed by atoms with E-state index in [9.17, 15) is 39.9 Å². The summed E-state index contributed by atoms with van der Waals surface area (Å²) in [6.45, 7) is 5.91. The third-order valence-electron chi connectivity index (χ3n) is 8.64. The minimum Gasteiger partial charge on any atom is -0.508 e. The van der Waals surface area contributed by atoms with Gasteiger partial charge in [-0.1, -0.05) is 26.0 Å². The van der Waals surface area contributed by atoms with Crippen LogP contribution < -0.4 is 5.32 Å². The SMILES string of the molecule is C[C@@H]1[C@@H](N(C)C)C(=O)C(C(=O)NCN2CCCC2)=C(O)[C@]1(O)C(=O)C1=C(O)c2c(O)cccc2[C@](C)(O)[C@H]1C. The van der Waals surface area contributed by atoms with E-state index in [1.54, 1.807) is 14.1 Å². The van der Waals surface area contributed by atoms with Gasteiger partial charge in [0.15, 0.2) is 11.4 Å². The van der Waals surface area contributed by atoms with Crippen LogP contribution in [0.1, 0.15) is 44.7 Å². The number of carbonyl (C=O) groups is 3. The molecule has 0 spiro atoms. The van der Waals surface area contributed by atoms with Crippen LogP contribution in [0.2, 0.25) is 0 Å². The molecule has 1 aromatic rings. The molecule has 6 N–H and O–H groups in total. The molecule has 0 aromatic heterocycles. The number of amides is 1. The number of aromatic hydroxyl groups is 1.